The third-order valence-electron chi connectivity index (χ3n) is 1.69. The molecule has 1 rings (SSSR count). The third-order valence-corrected chi connectivity index (χ3v) is 1.95. The van der Waals surface area contributed by atoms with Crippen LogP contribution in [0.1, 0.15) is 5.56 Å². The summed E-state index contributed by atoms with van der Waals surface area (Å²) in [5.74, 6) is 0. The van der Waals surface area contributed by atoms with Gasteiger partial charge in [-0.3, -0.25) is 5.43 Å². The van der Waals surface area contributed by atoms with Crippen molar-refractivity contribution < 1.29 is 9.53 Å². The quantitative estimate of drug-likeness (QED) is 0.777. The summed E-state index contributed by atoms with van der Waals surface area (Å²) in [5.41, 5.74) is 6.29. The Balaban J connectivity index is 2.54. The van der Waals surface area contributed by atoms with Crippen molar-refractivity contribution in [3.8, 4) is 0 Å². The highest BCUT2D eigenvalue weighted by molar-refractivity contribution is 6.30. The first-order chi connectivity index (χ1) is 7.13. The molecule has 0 fully saturated rings. The van der Waals surface area contributed by atoms with Crippen LogP contribution >= 0.6 is 11.6 Å². The molecule has 15 heavy (non-hydrogen) atoms. The van der Waals surface area contributed by atoms with Crippen molar-refractivity contribution in [2.75, 3.05) is 7.11 Å². The lowest BCUT2D eigenvalue weighted by molar-refractivity contribution is 0.168. The fraction of sp³-hybridized carbons (Fsp3) is 0.100. The number of amides is 1. The van der Waals surface area contributed by atoms with Crippen molar-refractivity contribution in [3.05, 3.63) is 41.4 Å². The number of nitrogens with one attached hydrogen (secondary N) is 2. The predicted molar refractivity (Wildman–Crippen MR) is 59.2 cm³/mol. The Kier molecular flexibility index (Phi) is 4.00. The molecule has 0 atom stereocenters. The number of hydrazine groups is 1. The highest BCUT2D eigenvalue weighted by atomic mass is 35.5. The number of ether oxygens (including phenoxy) is 1. The molecule has 1 aromatic carbocycles. The second kappa shape index (κ2) is 5.26. The molecule has 0 bridgehead atoms. The normalized spacial score (nSPS) is 9.20. The van der Waals surface area contributed by atoms with Crippen molar-refractivity contribution in [1.82, 2.24) is 10.9 Å². The number of carbonyl (C=O) groups is 1. The van der Waals surface area contributed by atoms with Crippen molar-refractivity contribution >= 4 is 23.4 Å². The molecule has 5 heteroatoms. The minimum Gasteiger partial charge on any atom is -0.452 e. The third kappa shape index (κ3) is 3.52. The Labute approximate surface area is 92.8 Å². The molecule has 0 aromatic heterocycles. The van der Waals surface area contributed by atoms with Crippen molar-refractivity contribution in [3.63, 3.8) is 0 Å². The molecule has 0 aliphatic carbocycles. The molecule has 0 saturated heterocycles. The Morgan fingerprint density at radius 3 is 2.47 bits per heavy atom. The molecule has 2 N–H and O–H groups in total. The number of hydrogen-bond acceptors (Lipinski definition) is 3. The summed E-state index contributed by atoms with van der Waals surface area (Å²) < 4.78 is 4.38. The average molecular weight is 227 g/mol. The number of halogens is 1. The van der Waals surface area contributed by atoms with Crippen LogP contribution in [0, 0.1) is 0 Å². The molecule has 0 spiro atoms. The highest BCUT2D eigenvalue weighted by Gasteiger charge is 2.00. The van der Waals surface area contributed by atoms with Crippen LogP contribution in [0.3, 0.4) is 0 Å². The van der Waals surface area contributed by atoms with Crippen LogP contribution in [0.5, 0.6) is 0 Å². The van der Waals surface area contributed by atoms with Gasteiger partial charge in [0.1, 0.15) is 0 Å². The Morgan fingerprint density at radius 1 is 1.33 bits per heavy atom. The molecule has 80 valence electrons. The average Bonchev–Trinajstić information content (AvgIpc) is 2.26. The van der Waals surface area contributed by atoms with Gasteiger partial charge in [-0.05, 0) is 17.7 Å². The van der Waals surface area contributed by atoms with Gasteiger partial charge in [-0.25, -0.2) is 10.2 Å². The van der Waals surface area contributed by atoms with Gasteiger partial charge in [-0.15, -0.1) is 0 Å². The summed E-state index contributed by atoms with van der Waals surface area (Å²) in [4.78, 5) is 10.7. The van der Waals surface area contributed by atoms with Gasteiger partial charge in [0, 0.05) is 5.02 Å². The lowest BCUT2D eigenvalue weighted by atomic mass is 10.2. The van der Waals surface area contributed by atoms with E-state index in [0.29, 0.717) is 10.7 Å². The number of methoxy groups -OCH3 is 1. The molecule has 0 saturated carbocycles. The smallest absolute Gasteiger partial charge is 0.425 e. The molecule has 1 amide bonds. The van der Waals surface area contributed by atoms with Crippen LogP contribution in [-0.2, 0) is 4.74 Å². The zero-order valence-corrected chi connectivity index (χ0v) is 8.97. The van der Waals surface area contributed by atoms with E-state index in [1.165, 1.54) is 7.11 Å². The second-order valence-corrected chi connectivity index (χ2v) is 3.16. The minimum atomic E-state index is -0.579. The Bertz CT molecular complexity index is 362. The van der Waals surface area contributed by atoms with Crippen molar-refractivity contribution in [2.45, 2.75) is 0 Å². The van der Waals surface area contributed by atoms with Gasteiger partial charge in [0.2, 0.25) is 0 Å². The summed E-state index contributed by atoms with van der Waals surface area (Å²) >= 11 is 5.73. The maximum Gasteiger partial charge on any atom is 0.425 e. The van der Waals surface area contributed by atoms with E-state index >= 15 is 0 Å². The first-order valence-corrected chi connectivity index (χ1v) is 4.56. The standard InChI is InChI=1S/C10H11ClN2O2/c1-7(12-13-10(14)15-2)8-3-5-9(11)6-4-8/h3-6,12H,1H2,2H3,(H,13,14). The van der Waals surface area contributed by atoms with E-state index in [2.05, 4.69) is 22.2 Å². The van der Waals surface area contributed by atoms with Crippen LogP contribution in [0.25, 0.3) is 5.70 Å². The van der Waals surface area contributed by atoms with Gasteiger partial charge in [0.15, 0.2) is 0 Å². The maximum atomic E-state index is 10.7. The lowest BCUT2D eigenvalue weighted by Gasteiger charge is -2.09. The summed E-state index contributed by atoms with van der Waals surface area (Å²) in [7, 11) is 1.28. The number of rotatable bonds is 3. The van der Waals surface area contributed by atoms with E-state index in [1.54, 1.807) is 24.3 Å². The molecular weight excluding hydrogens is 216 g/mol. The van der Waals surface area contributed by atoms with Crippen LogP contribution < -0.4 is 10.9 Å². The summed E-state index contributed by atoms with van der Waals surface area (Å²) in [5, 5.41) is 0.646. The number of benzene rings is 1. The summed E-state index contributed by atoms with van der Waals surface area (Å²) in [6.07, 6.45) is -0.579. The summed E-state index contributed by atoms with van der Waals surface area (Å²) in [6.45, 7) is 3.74. The van der Waals surface area contributed by atoms with E-state index in [1.807, 2.05) is 0 Å². The highest BCUT2D eigenvalue weighted by Crippen LogP contribution is 2.13. The van der Waals surface area contributed by atoms with Gasteiger partial charge < -0.3 is 4.74 Å². The fourth-order valence-corrected chi connectivity index (χ4v) is 1.03. The topological polar surface area (TPSA) is 50.4 Å². The monoisotopic (exact) mass is 226 g/mol. The van der Waals surface area contributed by atoms with E-state index < -0.39 is 6.09 Å². The second-order valence-electron chi connectivity index (χ2n) is 2.73. The zero-order valence-electron chi connectivity index (χ0n) is 8.21. The van der Waals surface area contributed by atoms with Crippen LogP contribution in [0.4, 0.5) is 4.79 Å². The van der Waals surface area contributed by atoms with E-state index in [9.17, 15) is 4.79 Å². The molecule has 0 aliphatic rings. The van der Waals surface area contributed by atoms with E-state index in [-0.39, 0.29) is 0 Å². The minimum absolute atomic E-state index is 0.553. The maximum absolute atomic E-state index is 10.7. The van der Waals surface area contributed by atoms with Gasteiger partial charge in [-0.2, -0.15) is 0 Å². The van der Waals surface area contributed by atoms with Crippen molar-refractivity contribution in [1.29, 1.82) is 0 Å². The SMILES string of the molecule is C=C(NNC(=O)OC)c1ccc(Cl)cc1. The molecule has 0 heterocycles. The van der Waals surface area contributed by atoms with Crippen LogP contribution in [-0.4, -0.2) is 13.2 Å². The molecular formula is C10H11ClN2O2. The lowest BCUT2D eigenvalue weighted by Crippen LogP contribution is -2.35. The van der Waals surface area contributed by atoms with Gasteiger partial charge in [0.25, 0.3) is 0 Å². The molecule has 0 radical (unpaired) electrons. The largest absolute Gasteiger partial charge is 0.452 e. The first-order valence-electron chi connectivity index (χ1n) is 4.18. The Morgan fingerprint density at radius 2 is 1.93 bits per heavy atom. The van der Waals surface area contributed by atoms with E-state index in [4.69, 9.17) is 11.6 Å². The fourth-order valence-electron chi connectivity index (χ4n) is 0.901. The van der Waals surface area contributed by atoms with Crippen LogP contribution in [0.15, 0.2) is 30.8 Å². The Hall–Kier alpha value is -1.68. The molecule has 0 unspecified atom stereocenters. The first kappa shape index (κ1) is 11.4. The van der Waals surface area contributed by atoms with Crippen LogP contribution in [0.2, 0.25) is 5.02 Å². The van der Waals surface area contributed by atoms with Crippen molar-refractivity contribution in [2.24, 2.45) is 0 Å². The number of carbonyl (C=O) groups excluding carboxylic acids is 1. The molecule has 0 aliphatic heterocycles. The zero-order chi connectivity index (χ0) is 11.3. The molecule has 4 nitrogen and oxygen atoms in total. The number of hydrogen-bond donors (Lipinski definition) is 2. The summed E-state index contributed by atoms with van der Waals surface area (Å²) in [6, 6.07) is 7.05. The molecule has 1 aromatic rings. The van der Waals surface area contributed by atoms with Gasteiger partial charge in [0.05, 0.1) is 12.8 Å². The predicted octanol–water partition coefficient (Wildman–Crippen LogP) is 2.17. The van der Waals surface area contributed by atoms with Gasteiger partial charge >= 0.3 is 6.09 Å². The van der Waals surface area contributed by atoms with Gasteiger partial charge in [-0.1, -0.05) is 30.3 Å². The van der Waals surface area contributed by atoms with E-state index in [0.717, 1.165) is 5.56 Å².